The van der Waals surface area contributed by atoms with Crippen LogP contribution >= 0.6 is 0 Å². The summed E-state index contributed by atoms with van der Waals surface area (Å²) in [7, 11) is 2.15. The summed E-state index contributed by atoms with van der Waals surface area (Å²) in [6.45, 7) is -0.441. The van der Waals surface area contributed by atoms with E-state index >= 15 is 0 Å². The zero-order valence-electron chi connectivity index (χ0n) is 18.6. The van der Waals surface area contributed by atoms with E-state index in [9.17, 15) is 18.3 Å². The Kier molecular flexibility index (Phi) is 10.9. The maximum atomic E-state index is 12.7. The molecule has 2 aromatic carbocycles. The number of anilines is 1. The number of hydrogen-bond acceptors (Lipinski definition) is 9. The predicted molar refractivity (Wildman–Crippen MR) is 114 cm³/mol. The molecule has 9 nitrogen and oxygen atoms in total. The number of rotatable bonds is 11. The first-order chi connectivity index (χ1) is 14.7. The van der Waals surface area contributed by atoms with Crippen molar-refractivity contribution >= 4 is 27.6 Å². The maximum Gasteiger partial charge on any atom is 1.00 e. The third-order valence-corrected chi connectivity index (χ3v) is 5.54. The number of ether oxygens (including phenoxy) is 4. The van der Waals surface area contributed by atoms with Crippen LogP contribution in [0, 0.1) is 0 Å². The first-order valence-corrected chi connectivity index (χ1v) is 10.8. The molecule has 0 aliphatic heterocycles. The summed E-state index contributed by atoms with van der Waals surface area (Å²) in [5.41, 5.74) is 1.24. The molecule has 0 aliphatic carbocycles. The number of hydrogen-bond donors (Lipinski definition) is 1. The number of carboxylic acids is 1. The zero-order valence-corrected chi connectivity index (χ0v) is 21.4. The molecule has 0 atom stereocenters. The van der Waals surface area contributed by atoms with E-state index in [1.165, 1.54) is 40.6 Å². The van der Waals surface area contributed by atoms with Gasteiger partial charge in [0.15, 0.2) is 9.84 Å². The number of carbonyl (C=O) groups excluding carboxylic acids is 1. The summed E-state index contributed by atoms with van der Waals surface area (Å²) < 4.78 is 46.3. The van der Waals surface area contributed by atoms with Gasteiger partial charge in [-0.1, -0.05) is 6.07 Å². The Morgan fingerprint density at radius 3 is 2.06 bits per heavy atom. The van der Waals surface area contributed by atoms with Gasteiger partial charge < -0.3 is 34.2 Å². The van der Waals surface area contributed by atoms with Crippen molar-refractivity contribution in [2.45, 2.75) is 5.75 Å². The van der Waals surface area contributed by atoms with Gasteiger partial charge in [0, 0.05) is 17.5 Å². The Labute approximate surface area is 209 Å². The standard InChI is InChI=1S/C21H25NO8S.Na/c1-27-15-10-19(29-3)16(20(11-15)30-4)7-8-31(25,26)13-14-5-6-18(28-2)17(9-14)22-12-21(23)24;/h5-11,22H,12-13H2,1-4H3,(H,23,24);/q;+1/p-1. The van der Waals surface area contributed by atoms with Gasteiger partial charge in [0.2, 0.25) is 0 Å². The van der Waals surface area contributed by atoms with Crippen molar-refractivity contribution < 1.29 is 66.8 Å². The second-order valence-electron chi connectivity index (χ2n) is 6.32. The van der Waals surface area contributed by atoms with Crippen molar-refractivity contribution in [1.29, 1.82) is 0 Å². The molecule has 168 valence electrons. The summed E-state index contributed by atoms with van der Waals surface area (Å²) in [6.07, 6.45) is 1.39. The van der Waals surface area contributed by atoms with Crippen LogP contribution in [0.3, 0.4) is 0 Å². The van der Waals surface area contributed by atoms with Crippen molar-refractivity contribution in [3.63, 3.8) is 0 Å². The minimum atomic E-state index is -3.69. The van der Waals surface area contributed by atoms with E-state index in [0.717, 1.165) is 5.41 Å². The van der Waals surface area contributed by atoms with Crippen molar-refractivity contribution in [3.05, 3.63) is 46.9 Å². The SMILES string of the molecule is COc1cc(OC)c(C=CS(=O)(=O)Cc2ccc(OC)c(NCC(=O)[O-])c2)c(OC)c1.[Na+]. The molecule has 0 saturated carbocycles. The monoisotopic (exact) mass is 473 g/mol. The van der Waals surface area contributed by atoms with Crippen LogP contribution in [-0.4, -0.2) is 49.4 Å². The number of carboxylic acid groups (broad SMARTS) is 1. The van der Waals surface area contributed by atoms with Gasteiger partial charge in [-0.2, -0.15) is 0 Å². The number of aliphatic carboxylic acids is 1. The van der Waals surface area contributed by atoms with Crippen LogP contribution in [0.15, 0.2) is 35.7 Å². The van der Waals surface area contributed by atoms with Gasteiger partial charge in [-0.3, -0.25) is 0 Å². The number of methoxy groups -OCH3 is 4. The topological polar surface area (TPSA) is 123 Å². The second-order valence-corrected chi connectivity index (χ2v) is 8.20. The molecule has 1 N–H and O–H groups in total. The minimum Gasteiger partial charge on any atom is -0.548 e. The van der Waals surface area contributed by atoms with Crippen LogP contribution in [0.5, 0.6) is 23.0 Å². The molecule has 0 bridgehead atoms. The van der Waals surface area contributed by atoms with Gasteiger partial charge in [0.1, 0.15) is 23.0 Å². The van der Waals surface area contributed by atoms with E-state index in [4.69, 9.17) is 18.9 Å². The molecule has 0 unspecified atom stereocenters. The van der Waals surface area contributed by atoms with Gasteiger partial charge >= 0.3 is 29.6 Å². The maximum absolute atomic E-state index is 12.7. The molecule has 2 rings (SSSR count). The van der Waals surface area contributed by atoms with Crippen molar-refractivity contribution in [2.24, 2.45) is 0 Å². The minimum absolute atomic E-state index is 0. The van der Waals surface area contributed by atoms with Crippen molar-refractivity contribution in [3.8, 4) is 23.0 Å². The van der Waals surface area contributed by atoms with Gasteiger partial charge in [0.25, 0.3) is 0 Å². The molecular weight excluding hydrogens is 449 g/mol. The fourth-order valence-corrected chi connectivity index (χ4v) is 3.88. The second kappa shape index (κ2) is 12.6. The Balaban J connectivity index is 0.00000512. The third kappa shape index (κ3) is 7.63. The summed E-state index contributed by atoms with van der Waals surface area (Å²) in [4.78, 5) is 10.7. The molecular formula is C21H24NNaO8S. The number of sulfone groups is 1. The molecule has 0 spiro atoms. The smallest absolute Gasteiger partial charge is 0.548 e. The molecule has 0 aromatic heterocycles. The summed E-state index contributed by atoms with van der Waals surface area (Å²) in [5, 5.41) is 14.4. The average molecular weight is 473 g/mol. The Morgan fingerprint density at radius 1 is 0.969 bits per heavy atom. The molecule has 0 heterocycles. The van der Waals surface area contributed by atoms with E-state index in [2.05, 4.69) is 5.32 Å². The molecule has 0 fully saturated rings. The Morgan fingerprint density at radius 2 is 1.56 bits per heavy atom. The third-order valence-electron chi connectivity index (χ3n) is 4.25. The van der Waals surface area contributed by atoms with Crippen LogP contribution in [0.2, 0.25) is 0 Å². The van der Waals surface area contributed by atoms with Gasteiger partial charge in [-0.15, -0.1) is 0 Å². The van der Waals surface area contributed by atoms with Crippen LogP contribution in [0.1, 0.15) is 11.1 Å². The summed E-state index contributed by atoms with van der Waals surface area (Å²) in [6, 6.07) is 7.90. The first-order valence-electron chi connectivity index (χ1n) is 9.04. The largest absolute Gasteiger partial charge is 1.00 e. The normalized spacial score (nSPS) is 10.9. The average Bonchev–Trinajstić information content (AvgIpc) is 2.75. The van der Waals surface area contributed by atoms with Crippen LogP contribution in [-0.2, 0) is 20.4 Å². The van der Waals surface area contributed by atoms with Crippen LogP contribution in [0.25, 0.3) is 6.08 Å². The van der Waals surface area contributed by atoms with Gasteiger partial charge in [0.05, 0.1) is 58.0 Å². The molecule has 0 aliphatic rings. The van der Waals surface area contributed by atoms with Crippen LogP contribution < -0.4 is 58.9 Å². The van der Waals surface area contributed by atoms with Crippen LogP contribution in [0.4, 0.5) is 5.69 Å². The van der Waals surface area contributed by atoms with Gasteiger partial charge in [-0.25, -0.2) is 8.42 Å². The number of nitrogens with one attached hydrogen (secondary N) is 1. The van der Waals surface area contributed by atoms with Gasteiger partial charge in [-0.05, 0) is 23.8 Å². The van der Waals surface area contributed by atoms with E-state index < -0.39 is 22.4 Å². The Bertz CT molecular complexity index is 1040. The molecule has 11 heteroatoms. The van der Waals surface area contributed by atoms with Crippen molar-refractivity contribution in [1.82, 2.24) is 0 Å². The summed E-state index contributed by atoms with van der Waals surface area (Å²) in [5.74, 6) is 0.0511. The molecule has 0 saturated heterocycles. The van der Waals surface area contributed by atoms with E-state index in [1.807, 2.05) is 0 Å². The number of benzene rings is 2. The predicted octanol–water partition coefficient (Wildman–Crippen LogP) is -1.53. The fourth-order valence-electron chi connectivity index (χ4n) is 2.80. The number of carbonyl (C=O) groups is 1. The van der Waals surface area contributed by atoms with E-state index in [1.54, 1.807) is 24.3 Å². The zero-order chi connectivity index (χ0) is 23.0. The Hall–Kier alpha value is -2.40. The summed E-state index contributed by atoms with van der Waals surface area (Å²) >= 11 is 0. The van der Waals surface area contributed by atoms with Crippen molar-refractivity contribution in [2.75, 3.05) is 40.3 Å². The van der Waals surface area contributed by atoms with E-state index in [0.29, 0.717) is 39.8 Å². The molecule has 0 radical (unpaired) electrons. The van der Waals surface area contributed by atoms with E-state index in [-0.39, 0.29) is 35.3 Å². The molecule has 32 heavy (non-hydrogen) atoms. The fraction of sp³-hybridized carbons (Fsp3) is 0.286. The molecule has 2 aromatic rings. The molecule has 0 amide bonds. The first kappa shape index (κ1) is 27.6. The quantitative estimate of drug-likeness (QED) is 0.387.